The summed E-state index contributed by atoms with van der Waals surface area (Å²) in [4.78, 5) is 19.9. The van der Waals surface area contributed by atoms with Crippen LogP contribution in [0.3, 0.4) is 0 Å². The van der Waals surface area contributed by atoms with Gasteiger partial charge < -0.3 is 14.5 Å². The summed E-state index contributed by atoms with van der Waals surface area (Å²) in [6.45, 7) is 10.6. The molecule has 2 aliphatic rings. The fraction of sp³-hybridized carbons (Fsp3) is 0.947. The van der Waals surface area contributed by atoms with E-state index >= 15 is 0 Å². The van der Waals surface area contributed by atoms with Crippen LogP contribution < -0.4 is 0 Å². The molecule has 1 amide bonds. The van der Waals surface area contributed by atoms with E-state index in [9.17, 15) is 4.79 Å². The van der Waals surface area contributed by atoms with Crippen molar-refractivity contribution in [2.75, 3.05) is 71.5 Å². The highest BCUT2D eigenvalue weighted by atomic mass is 32.2. The Kier molecular flexibility index (Phi) is 9.60. The summed E-state index contributed by atoms with van der Waals surface area (Å²) in [7, 11) is 1.77. The first-order chi connectivity index (χ1) is 12.2. The highest BCUT2D eigenvalue weighted by molar-refractivity contribution is 7.99. The molecule has 1 atom stereocenters. The summed E-state index contributed by atoms with van der Waals surface area (Å²) in [5, 5.41) is 0. The molecule has 0 N–H and O–H groups in total. The van der Waals surface area contributed by atoms with Crippen LogP contribution in [0.2, 0.25) is 0 Å². The molecule has 1 unspecified atom stereocenters. The van der Waals surface area contributed by atoms with E-state index in [0.29, 0.717) is 23.6 Å². The average molecular weight is 372 g/mol. The number of likely N-dealkylation sites (tertiary alicyclic amines) is 2. The molecule has 0 radical (unpaired) electrons. The molecular formula is C19H37N3O2S. The Morgan fingerprint density at radius 3 is 2.60 bits per heavy atom. The van der Waals surface area contributed by atoms with E-state index in [1.165, 1.54) is 32.2 Å². The van der Waals surface area contributed by atoms with E-state index in [2.05, 4.69) is 21.6 Å². The monoisotopic (exact) mass is 371 g/mol. The third kappa shape index (κ3) is 6.74. The number of hydrogen-bond donors (Lipinski definition) is 0. The molecule has 2 heterocycles. The predicted octanol–water partition coefficient (Wildman–Crippen LogP) is 2.02. The number of thioether (sulfide) groups is 1. The van der Waals surface area contributed by atoms with Gasteiger partial charge in [-0.2, -0.15) is 11.8 Å². The second kappa shape index (κ2) is 11.4. The molecule has 25 heavy (non-hydrogen) atoms. The highest BCUT2D eigenvalue weighted by Crippen LogP contribution is 2.22. The number of nitrogens with zero attached hydrogens (tertiary/aromatic N) is 3. The van der Waals surface area contributed by atoms with Crippen molar-refractivity contribution in [1.82, 2.24) is 14.7 Å². The lowest BCUT2D eigenvalue weighted by atomic mass is 9.96. The molecule has 146 valence electrons. The van der Waals surface area contributed by atoms with Crippen LogP contribution in [-0.4, -0.2) is 98.2 Å². The van der Waals surface area contributed by atoms with Crippen molar-refractivity contribution >= 4 is 17.7 Å². The third-order valence-corrected chi connectivity index (χ3v) is 6.29. The predicted molar refractivity (Wildman–Crippen MR) is 106 cm³/mol. The summed E-state index contributed by atoms with van der Waals surface area (Å²) < 4.78 is 5.19. The van der Waals surface area contributed by atoms with Crippen molar-refractivity contribution in [3.05, 3.63) is 0 Å². The molecule has 0 aromatic carbocycles. The van der Waals surface area contributed by atoms with E-state index in [1.54, 1.807) is 18.9 Å². The van der Waals surface area contributed by atoms with Gasteiger partial charge in [-0.1, -0.05) is 6.92 Å². The molecule has 0 spiro atoms. The Labute approximate surface area is 158 Å². The summed E-state index contributed by atoms with van der Waals surface area (Å²) in [5.74, 6) is 1.60. The lowest BCUT2D eigenvalue weighted by molar-refractivity contribution is -0.130. The zero-order valence-electron chi connectivity index (χ0n) is 16.4. The van der Waals surface area contributed by atoms with E-state index in [-0.39, 0.29) is 0 Å². The number of likely N-dealkylation sites (N-methyl/N-ethyl adjacent to an activating group) is 1. The fourth-order valence-electron chi connectivity index (χ4n) is 4.19. The maximum absolute atomic E-state index is 12.7. The summed E-state index contributed by atoms with van der Waals surface area (Å²) in [5.41, 5.74) is 0. The molecule has 2 fully saturated rings. The van der Waals surface area contributed by atoms with Crippen LogP contribution in [0.25, 0.3) is 0 Å². The van der Waals surface area contributed by atoms with Crippen molar-refractivity contribution in [2.45, 2.75) is 38.6 Å². The van der Waals surface area contributed by atoms with Crippen LogP contribution in [0.4, 0.5) is 0 Å². The second-order valence-electron chi connectivity index (χ2n) is 7.43. The minimum Gasteiger partial charge on any atom is -0.383 e. The van der Waals surface area contributed by atoms with Crippen LogP contribution in [0.5, 0.6) is 0 Å². The van der Waals surface area contributed by atoms with Crippen molar-refractivity contribution in [3.63, 3.8) is 0 Å². The minimum absolute atomic E-state index is 0.331. The topological polar surface area (TPSA) is 36.0 Å². The zero-order chi connectivity index (χ0) is 18.1. The third-order valence-electron chi connectivity index (χ3n) is 5.75. The van der Waals surface area contributed by atoms with Crippen LogP contribution in [0.1, 0.15) is 32.6 Å². The highest BCUT2D eigenvalue weighted by Gasteiger charge is 2.29. The summed E-state index contributed by atoms with van der Waals surface area (Å²) in [6, 6.07) is 0.567. The van der Waals surface area contributed by atoms with E-state index in [1.807, 2.05) is 6.26 Å². The Morgan fingerprint density at radius 2 is 1.96 bits per heavy atom. The molecule has 5 nitrogen and oxygen atoms in total. The first-order valence-corrected chi connectivity index (χ1v) is 11.3. The Hall–Kier alpha value is -0.300. The Bertz CT molecular complexity index is 389. The van der Waals surface area contributed by atoms with Gasteiger partial charge in [0.15, 0.2) is 0 Å². The number of piperidine rings is 1. The molecule has 0 aliphatic carbocycles. The molecule has 2 rings (SSSR count). The lowest BCUT2D eigenvalue weighted by Crippen LogP contribution is -2.47. The second-order valence-corrected chi connectivity index (χ2v) is 8.30. The molecule has 2 aliphatic heterocycles. The van der Waals surface area contributed by atoms with Gasteiger partial charge in [0, 0.05) is 32.8 Å². The zero-order valence-corrected chi connectivity index (χ0v) is 17.2. The van der Waals surface area contributed by atoms with Gasteiger partial charge in [0.25, 0.3) is 0 Å². The van der Waals surface area contributed by atoms with Gasteiger partial charge in [-0.3, -0.25) is 9.69 Å². The number of hydrogen-bond acceptors (Lipinski definition) is 5. The maximum atomic E-state index is 12.7. The number of carbonyl (C=O) groups excluding carboxylic acids is 1. The standard InChI is InChI=1S/C19H37N3O2S/c1-4-21-9-5-6-18(21)15-22(19(23)16-25-3)14-17-7-10-20(11-8-17)12-13-24-2/h17-18H,4-16H2,1-3H3. The fourth-order valence-corrected chi connectivity index (χ4v) is 4.62. The molecule has 6 heteroatoms. The lowest BCUT2D eigenvalue weighted by Gasteiger charge is -2.36. The Balaban J connectivity index is 1.85. The largest absolute Gasteiger partial charge is 0.383 e. The SMILES string of the molecule is CCN1CCCC1CN(CC1CCN(CCOC)CC1)C(=O)CSC. The van der Waals surface area contributed by atoms with Crippen LogP contribution in [-0.2, 0) is 9.53 Å². The van der Waals surface area contributed by atoms with Gasteiger partial charge in [-0.05, 0) is 64.0 Å². The molecule has 0 aromatic heterocycles. The van der Waals surface area contributed by atoms with E-state index in [0.717, 1.165) is 45.9 Å². The van der Waals surface area contributed by atoms with Crippen LogP contribution >= 0.6 is 11.8 Å². The minimum atomic E-state index is 0.331. The quantitative estimate of drug-likeness (QED) is 0.587. The van der Waals surface area contributed by atoms with E-state index in [4.69, 9.17) is 4.74 Å². The van der Waals surface area contributed by atoms with Crippen molar-refractivity contribution in [2.24, 2.45) is 5.92 Å². The maximum Gasteiger partial charge on any atom is 0.232 e. The van der Waals surface area contributed by atoms with Crippen LogP contribution in [0.15, 0.2) is 0 Å². The number of ether oxygens (including phenoxy) is 1. The number of amides is 1. The van der Waals surface area contributed by atoms with E-state index < -0.39 is 0 Å². The van der Waals surface area contributed by atoms with Crippen LogP contribution in [0, 0.1) is 5.92 Å². The molecule has 0 bridgehead atoms. The summed E-state index contributed by atoms with van der Waals surface area (Å²) >= 11 is 1.65. The number of methoxy groups -OCH3 is 1. The van der Waals surface area contributed by atoms with Gasteiger partial charge in [-0.25, -0.2) is 0 Å². The number of rotatable bonds is 10. The molecule has 2 saturated heterocycles. The van der Waals surface area contributed by atoms with Crippen molar-refractivity contribution in [1.29, 1.82) is 0 Å². The van der Waals surface area contributed by atoms with Gasteiger partial charge in [0.1, 0.15) is 0 Å². The smallest absolute Gasteiger partial charge is 0.232 e. The molecule has 0 aromatic rings. The van der Waals surface area contributed by atoms with Gasteiger partial charge >= 0.3 is 0 Å². The van der Waals surface area contributed by atoms with Gasteiger partial charge in [0.05, 0.1) is 12.4 Å². The average Bonchev–Trinajstić information content (AvgIpc) is 3.08. The first-order valence-electron chi connectivity index (χ1n) is 9.90. The normalized spacial score (nSPS) is 23.2. The molecule has 0 saturated carbocycles. The number of carbonyl (C=O) groups is 1. The Morgan fingerprint density at radius 1 is 1.20 bits per heavy atom. The summed E-state index contributed by atoms with van der Waals surface area (Å²) in [6.07, 6.45) is 6.95. The van der Waals surface area contributed by atoms with Gasteiger partial charge in [0.2, 0.25) is 5.91 Å². The van der Waals surface area contributed by atoms with Gasteiger partial charge in [-0.15, -0.1) is 0 Å². The van der Waals surface area contributed by atoms with Crippen molar-refractivity contribution in [3.8, 4) is 0 Å². The first kappa shape index (κ1) is 21.0. The molecular weight excluding hydrogens is 334 g/mol. The van der Waals surface area contributed by atoms with Crippen molar-refractivity contribution < 1.29 is 9.53 Å².